The lowest BCUT2D eigenvalue weighted by Gasteiger charge is -2.24. The highest BCUT2D eigenvalue weighted by Gasteiger charge is 2.31. The van der Waals surface area contributed by atoms with Gasteiger partial charge in [-0.05, 0) is 42.7 Å². The molecular weight excluding hydrogens is 455 g/mol. The Bertz CT molecular complexity index is 1370. The standard InChI is InChI=1S/C22H18Cl2N4O4/c1-10-26-15-4-2-3-11(9-13-12(20(25)30)5-6-14(23)19(13)24)18(15)22(32)28(10)16-7-8-17(29)27-21(16)31/h2-6,16H,7-9H2,1H3,(H2,25,30)(H,27,29,31). The normalized spacial score (nSPS) is 16.3. The molecule has 164 valence electrons. The number of hydrogen-bond acceptors (Lipinski definition) is 5. The molecule has 1 aliphatic heterocycles. The molecular formula is C22H18Cl2N4O4. The first kappa shape index (κ1) is 22.0. The summed E-state index contributed by atoms with van der Waals surface area (Å²) in [6.45, 7) is 1.64. The third-order valence-electron chi connectivity index (χ3n) is 5.54. The van der Waals surface area contributed by atoms with Gasteiger partial charge < -0.3 is 5.73 Å². The molecule has 1 atom stereocenters. The average molecular weight is 473 g/mol. The van der Waals surface area contributed by atoms with E-state index in [2.05, 4.69) is 10.3 Å². The molecule has 1 unspecified atom stereocenters. The number of aryl methyl sites for hydroxylation is 1. The number of benzene rings is 2. The highest BCUT2D eigenvalue weighted by atomic mass is 35.5. The van der Waals surface area contributed by atoms with Crippen LogP contribution in [0.15, 0.2) is 35.1 Å². The molecule has 10 heteroatoms. The molecule has 3 N–H and O–H groups in total. The summed E-state index contributed by atoms with van der Waals surface area (Å²) in [7, 11) is 0. The minimum atomic E-state index is -0.846. The molecule has 3 aromatic rings. The molecule has 1 aromatic heterocycles. The first-order chi connectivity index (χ1) is 15.2. The summed E-state index contributed by atoms with van der Waals surface area (Å²) >= 11 is 12.5. The van der Waals surface area contributed by atoms with Gasteiger partial charge in [-0.25, -0.2) is 4.98 Å². The lowest BCUT2D eigenvalue weighted by Crippen LogP contribution is -2.45. The van der Waals surface area contributed by atoms with Crippen LogP contribution >= 0.6 is 23.2 Å². The van der Waals surface area contributed by atoms with Crippen LogP contribution in [0.25, 0.3) is 10.9 Å². The number of primary amides is 1. The Balaban J connectivity index is 1.91. The topological polar surface area (TPSA) is 124 Å². The van der Waals surface area contributed by atoms with Gasteiger partial charge in [0.15, 0.2) is 0 Å². The number of aromatic nitrogens is 2. The van der Waals surface area contributed by atoms with Gasteiger partial charge in [-0.15, -0.1) is 0 Å². The maximum absolute atomic E-state index is 13.6. The van der Waals surface area contributed by atoms with Crippen LogP contribution in [0.5, 0.6) is 0 Å². The number of carbonyl (C=O) groups excluding carboxylic acids is 3. The SMILES string of the molecule is Cc1nc2cccc(Cc3c(C(N)=O)ccc(Cl)c3Cl)c2c(=O)n1C1CCC(=O)NC1=O. The fourth-order valence-corrected chi connectivity index (χ4v) is 4.46. The van der Waals surface area contributed by atoms with Gasteiger partial charge in [0, 0.05) is 18.4 Å². The summed E-state index contributed by atoms with van der Waals surface area (Å²) in [6, 6.07) is 7.27. The molecule has 32 heavy (non-hydrogen) atoms. The molecule has 0 aliphatic carbocycles. The molecule has 0 spiro atoms. The first-order valence-electron chi connectivity index (χ1n) is 9.80. The number of carbonyl (C=O) groups is 3. The smallest absolute Gasteiger partial charge is 0.262 e. The van der Waals surface area contributed by atoms with Crippen molar-refractivity contribution in [2.24, 2.45) is 5.73 Å². The maximum Gasteiger partial charge on any atom is 0.262 e. The van der Waals surface area contributed by atoms with Crippen LogP contribution in [-0.2, 0) is 16.0 Å². The van der Waals surface area contributed by atoms with Gasteiger partial charge in [-0.1, -0.05) is 35.3 Å². The van der Waals surface area contributed by atoms with E-state index >= 15 is 0 Å². The van der Waals surface area contributed by atoms with E-state index in [9.17, 15) is 19.2 Å². The van der Waals surface area contributed by atoms with E-state index in [0.717, 1.165) is 0 Å². The Kier molecular flexibility index (Phi) is 5.75. The van der Waals surface area contributed by atoms with Gasteiger partial charge in [0.25, 0.3) is 5.56 Å². The van der Waals surface area contributed by atoms with Gasteiger partial charge in [-0.2, -0.15) is 0 Å². The van der Waals surface area contributed by atoms with Crippen LogP contribution in [0.1, 0.15) is 46.2 Å². The maximum atomic E-state index is 13.6. The van der Waals surface area contributed by atoms with Crippen LogP contribution in [0.2, 0.25) is 10.0 Å². The van der Waals surface area contributed by atoms with E-state index in [-0.39, 0.29) is 46.2 Å². The second-order valence-electron chi connectivity index (χ2n) is 7.54. The monoisotopic (exact) mass is 472 g/mol. The number of nitrogens with two attached hydrogens (primary N) is 1. The molecule has 1 saturated heterocycles. The van der Waals surface area contributed by atoms with Crippen molar-refractivity contribution in [3.05, 3.63) is 73.2 Å². The fraction of sp³-hybridized carbons (Fsp3) is 0.227. The van der Waals surface area contributed by atoms with Gasteiger partial charge in [0.1, 0.15) is 11.9 Å². The number of nitrogens with zero attached hydrogens (tertiary/aromatic N) is 2. The predicted octanol–water partition coefficient (Wildman–Crippen LogP) is 2.68. The van der Waals surface area contributed by atoms with Crippen molar-refractivity contribution in [2.75, 3.05) is 0 Å². The Labute approximate surface area is 192 Å². The highest BCUT2D eigenvalue weighted by Crippen LogP contribution is 2.32. The zero-order valence-electron chi connectivity index (χ0n) is 16.9. The van der Waals surface area contributed by atoms with E-state index in [0.29, 0.717) is 22.5 Å². The van der Waals surface area contributed by atoms with Crippen LogP contribution < -0.4 is 16.6 Å². The first-order valence-corrected chi connectivity index (χ1v) is 10.6. The van der Waals surface area contributed by atoms with Crippen molar-refractivity contribution in [3.63, 3.8) is 0 Å². The Morgan fingerprint density at radius 2 is 1.97 bits per heavy atom. The van der Waals surface area contributed by atoms with Crippen molar-refractivity contribution in [2.45, 2.75) is 32.2 Å². The van der Waals surface area contributed by atoms with Gasteiger partial charge in [-0.3, -0.25) is 29.1 Å². The lowest BCUT2D eigenvalue weighted by atomic mass is 9.96. The van der Waals surface area contributed by atoms with Crippen molar-refractivity contribution in [3.8, 4) is 0 Å². The Morgan fingerprint density at radius 1 is 1.22 bits per heavy atom. The van der Waals surface area contributed by atoms with Gasteiger partial charge >= 0.3 is 0 Å². The molecule has 0 bridgehead atoms. The summed E-state index contributed by atoms with van der Waals surface area (Å²) in [5, 5.41) is 2.98. The van der Waals surface area contributed by atoms with Crippen molar-refractivity contribution < 1.29 is 14.4 Å². The third kappa shape index (κ3) is 3.76. The zero-order chi connectivity index (χ0) is 23.2. The molecule has 1 fully saturated rings. The molecule has 8 nitrogen and oxygen atoms in total. The summed E-state index contributed by atoms with van der Waals surface area (Å²) in [5.74, 6) is -1.23. The molecule has 3 amide bonds. The number of rotatable bonds is 4. The molecule has 2 aromatic carbocycles. The second-order valence-corrected chi connectivity index (χ2v) is 8.33. The minimum Gasteiger partial charge on any atom is -0.366 e. The van der Waals surface area contributed by atoms with Crippen molar-refractivity contribution in [1.82, 2.24) is 14.9 Å². The fourth-order valence-electron chi connectivity index (χ4n) is 4.05. The molecule has 1 aliphatic rings. The quantitative estimate of drug-likeness (QED) is 0.564. The summed E-state index contributed by atoms with van der Waals surface area (Å²) in [4.78, 5) is 54.0. The summed E-state index contributed by atoms with van der Waals surface area (Å²) in [6.07, 6.45) is 0.430. The average Bonchev–Trinajstić information content (AvgIpc) is 2.72. The van der Waals surface area contributed by atoms with Crippen molar-refractivity contribution in [1.29, 1.82) is 0 Å². The van der Waals surface area contributed by atoms with E-state index < -0.39 is 23.4 Å². The molecule has 0 radical (unpaired) electrons. The number of halogens is 2. The third-order valence-corrected chi connectivity index (χ3v) is 6.39. The van der Waals surface area contributed by atoms with E-state index in [1.807, 2.05) is 0 Å². The van der Waals surface area contributed by atoms with Gasteiger partial charge in [0.2, 0.25) is 17.7 Å². The number of piperidine rings is 1. The van der Waals surface area contributed by atoms with E-state index in [1.54, 1.807) is 25.1 Å². The summed E-state index contributed by atoms with van der Waals surface area (Å²) in [5.41, 5.74) is 6.66. The van der Waals surface area contributed by atoms with Crippen LogP contribution in [0.4, 0.5) is 0 Å². The molecule has 0 saturated carbocycles. The minimum absolute atomic E-state index is 0.102. The Hall–Kier alpha value is -3.23. The molecule has 4 rings (SSSR count). The number of nitrogens with one attached hydrogen (secondary N) is 1. The largest absolute Gasteiger partial charge is 0.366 e. The van der Waals surface area contributed by atoms with Crippen LogP contribution in [0.3, 0.4) is 0 Å². The van der Waals surface area contributed by atoms with Crippen molar-refractivity contribution >= 4 is 51.8 Å². The van der Waals surface area contributed by atoms with E-state index in [4.69, 9.17) is 28.9 Å². The summed E-state index contributed by atoms with van der Waals surface area (Å²) < 4.78 is 1.31. The number of amides is 3. The number of imide groups is 1. The number of hydrogen-bond donors (Lipinski definition) is 2. The Morgan fingerprint density at radius 3 is 2.66 bits per heavy atom. The lowest BCUT2D eigenvalue weighted by molar-refractivity contribution is -0.135. The zero-order valence-corrected chi connectivity index (χ0v) is 18.5. The highest BCUT2D eigenvalue weighted by molar-refractivity contribution is 6.42. The van der Waals surface area contributed by atoms with E-state index in [1.165, 1.54) is 16.7 Å². The van der Waals surface area contributed by atoms with Crippen LogP contribution in [0, 0.1) is 6.92 Å². The molecule has 2 heterocycles. The van der Waals surface area contributed by atoms with Crippen LogP contribution in [-0.4, -0.2) is 27.3 Å². The predicted molar refractivity (Wildman–Crippen MR) is 120 cm³/mol. The number of fused-ring (bicyclic) bond motifs is 1. The second kappa shape index (κ2) is 8.37. The van der Waals surface area contributed by atoms with Gasteiger partial charge in [0.05, 0.1) is 20.9 Å².